The Kier molecular flexibility index (Phi) is 4.13. The van der Waals surface area contributed by atoms with Crippen LogP contribution in [0.2, 0.25) is 0 Å². The van der Waals surface area contributed by atoms with E-state index in [1.54, 1.807) is 21.6 Å². The first-order chi connectivity index (χ1) is 9.75. The normalized spacial score (nSPS) is 36.4. The molecule has 4 rings (SSSR count). The average Bonchev–Trinajstić information content (AvgIpc) is 3.09. The zero-order valence-electron chi connectivity index (χ0n) is 10.3. The van der Waals surface area contributed by atoms with E-state index in [4.69, 9.17) is 24.4 Å². The smallest absolute Gasteiger partial charge is 0.0771 e. The highest BCUT2D eigenvalue weighted by atomic mass is 33.1. The Morgan fingerprint density at radius 1 is 0.900 bits per heavy atom. The first kappa shape index (κ1) is 14.4. The maximum atomic E-state index is 5.61. The quantitative estimate of drug-likeness (QED) is 0.550. The predicted molar refractivity (Wildman–Crippen MR) is 103 cm³/mol. The molecule has 0 radical (unpaired) electrons. The molecule has 20 heavy (non-hydrogen) atoms. The molecule has 0 aliphatic carbocycles. The van der Waals surface area contributed by atoms with Gasteiger partial charge in [0, 0.05) is 6.54 Å². The van der Waals surface area contributed by atoms with Crippen molar-refractivity contribution in [2.24, 2.45) is 0 Å². The lowest BCUT2D eigenvalue weighted by Gasteiger charge is -2.27. The monoisotopic (exact) mass is 373 g/mol. The highest BCUT2D eigenvalue weighted by molar-refractivity contribution is 8.86. The summed E-state index contributed by atoms with van der Waals surface area (Å²) < 4.78 is 2.28. The zero-order chi connectivity index (χ0) is 13.7. The van der Waals surface area contributed by atoms with Gasteiger partial charge in [0.15, 0.2) is 0 Å². The highest BCUT2D eigenvalue weighted by Crippen LogP contribution is 2.59. The number of fused-ring (bicyclic) bond motifs is 3. The number of benzene rings is 1. The van der Waals surface area contributed by atoms with E-state index in [0.717, 1.165) is 14.9 Å². The molecule has 0 spiro atoms. The first-order valence-electron chi connectivity index (χ1n) is 6.30. The van der Waals surface area contributed by atoms with Crippen molar-refractivity contribution in [1.29, 1.82) is 0 Å². The molecule has 1 aromatic carbocycles. The molecular formula is C13H11NS6. The van der Waals surface area contributed by atoms with Crippen LogP contribution in [0, 0.1) is 0 Å². The van der Waals surface area contributed by atoms with Crippen LogP contribution >= 0.6 is 67.6 Å². The van der Waals surface area contributed by atoms with Gasteiger partial charge in [0.25, 0.3) is 0 Å². The molecule has 3 saturated heterocycles. The van der Waals surface area contributed by atoms with Gasteiger partial charge < -0.3 is 0 Å². The van der Waals surface area contributed by atoms with E-state index < -0.39 is 0 Å². The lowest BCUT2D eigenvalue weighted by molar-refractivity contribution is 0.271. The minimum Gasteiger partial charge on any atom is -0.280 e. The van der Waals surface area contributed by atoms with Crippen molar-refractivity contribution in [2.75, 3.05) is 0 Å². The van der Waals surface area contributed by atoms with Crippen molar-refractivity contribution >= 4 is 76.0 Å². The zero-order valence-corrected chi connectivity index (χ0v) is 15.2. The largest absolute Gasteiger partial charge is 0.280 e. The summed E-state index contributed by atoms with van der Waals surface area (Å²) in [4.78, 5) is 2.55. The summed E-state index contributed by atoms with van der Waals surface area (Å²) in [5, 5.41) is 1.19. The van der Waals surface area contributed by atoms with Crippen LogP contribution in [0.15, 0.2) is 30.3 Å². The number of likely N-dealkylation sites (tertiary alicyclic amines) is 1. The third-order valence-electron chi connectivity index (χ3n) is 3.83. The molecule has 1 nitrogen and oxygen atoms in total. The van der Waals surface area contributed by atoms with E-state index in [1.807, 2.05) is 21.6 Å². The summed E-state index contributed by atoms with van der Waals surface area (Å²) in [5.74, 6) is 0. The van der Waals surface area contributed by atoms with Crippen molar-refractivity contribution in [1.82, 2.24) is 4.90 Å². The number of rotatable bonds is 2. The van der Waals surface area contributed by atoms with Gasteiger partial charge in [-0.15, -0.1) is 0 Å². The van der Waals surface area contributed by atoms with Crippen LogP contribution in [0.25, 0.3) is 0 Å². The highest BCUT2D eigenvalue weighted by Gasteiger charge is 2.58. The third kappa shape index (κ3) is 2.30. The molecular weight excluding hydrogens is 363 g/mol. The Labute approximate surface area is 145 Å². The fraction of sp³-hybridized carbons (Fsp3) is 0.385. The van der Waals surface area contributed by atoms with E-state index in [9.17, 15) is 0 Å². The van der Waals surface area contributed by atoms with Crippen molar-refractivity contribution in [3.8, 4) is 0 Å². The second kappa shape index (κ2) is 5.76. The maximum Gasteiger partial charge on any atom is 0.0771 e. The second-order valence-corrected chi connectivity index (χ2v) is 11.2. The Morgan fingerprint density at radius 2 is 1.45 bits per heavy atom. The minimum atomic E-state index is 0.404. The Hall–Kier alpha value is 0.760. The van der Waals surface area contributed by atoms with E-state index in [-0.39, 0.29) is 0 Å². The molecule has 0 saturated carbocycles. The lowest BCUT2D eigenvalue weighted by atomic mass is 10.2. The van der Waals surface area contributed by atoms with Gasteiger partial charge >= 0.3 is 0 Å². The fourth-order valence-electron chi connectivity index (χ4n) is 2.96. The topological polar surface area (TPSA) is 3.24 Å². The Bertz CT molecular complexity index is 531. The molecule has 3 aliphatic rings. The molecule has 3 heterocycles. The number of nitrogens with zero attached hydrogens (tertiary/aromatic N) is 1. The average molecular weight is 374 g/mol. The van der Waals surface area contributed by atoms with Crippen LogP contribution < -0.4 is 0 Å². The molecule has 1 aromatic rings. The molecule has 7 heteroatoms. The predicted octanol–water partition coefficient (Wildman–Crippen LogP) is 4.42. The van der Waals surface area contributed by atoms with Crippen molar-refractivity contribution < 1.29 is 0 Å². The van der Waals surface area contributed by atoms with Gasteiger partial charge in [0.1, 0.15) is 0 Å². The Balaban J connectivity index is 1.68. The summed E-state index contributed by atoms with van der Waals surface area (Å²) in [6.07, 6.45) is 0. The molecule has 0 amide bonds. The van der Waals surface area contributed by atoms with E-state index >= 15 is 0 Å². The minimum absolute atomic E-state index is 0.404. The van der Waals surface area contributed by atoms with E-state index in [2.05, 4.69) is 35.2 Å². The molecule has 4 atom stereocenters. The lowest BCUT2D eigenvalue weighted by Crippen LogP contribution is -2.41. The Morgan fingerprint density at radius 3 is 2.00 bits per heavy atom. The van der Waals surface area contributed by atoms with Crippen molar-refractivity contribution in [2.45, 2.75) is 29.1 Å². The van der Waals surface area contributed by atoms with E-state index in [1.165, 1.54) is 5.56 Å². The number of thiocarbonyl (C=S) groups is 2. The molecule has 0 aromatic heterocycles. The number of hydrogen-bond donors (Lipinski definition) is 0. The van der Waals surface area contributed by atoms with Crippen LogP contribution in [0.3, 0.4) is 0 Å². The van der Waals surface area contributed by atoms with Crippen molar-refractivity contribution in [3.63, 3.8) is 0 Å². The van der Waals surface area contributed by atoms with Gasteiger partial charge in [-0.05, 0) is 27.2 Å². The molecule has 0 N–H and O–H groups in total. The second-order valence-electron chi connectivity index (χ2n) is 4.97. The molecule has 0 bridgehead atoms. The van der Waals surface area contributed by atoms with Gasteiger partial charge in [-0.3, -0.25) is 4.90 Å². The van der Waals surface area contributed by atoms with Crippen molar-refractivity contribution in [3.05, 3.63) is 35.9 Å². The standard InChI is InChI=1S/C13H11NS6/c15-12-8-10(17-19-12)11-9(13(16)20-18-11)14(8)6-7-4-2-1-3-5-7/h1-5,8-11H,6H2. The number of hydrogen-bond acceptors (Lipinski definition) is 7. The molecule has 4 unspecified atom stereocenters. The van der Waals surface area contributed by atoms with Gasteiger partial charge in [-0.25, -0.2) is 0 Å². The third-order valence-corrected chi connectivity index (χ3v) is 11.2. The van der Waals surface area contributed by atoms with Crippen LogP contribution in [-0.4, -0.2) is 35.9 Å². The summed E-state index contributed by atoms with van der Waals surface area (Å²) >= 11 is 11.2. The van der Waals surface area contributed by atoms with E-state index in [0.29, 0.717) is 22.6 Å². The van der Waals surface area contributed by atoms with Gasteiger partial charge in [-0.1, -0.05) is 76.4 Å². The fourth-order valence-corrected chi connectivity index (χ4v) is 11.0. The SMILES string of the molecule is S=C1SSC2C3SSC(=S)C3N(Cc3ccccc3)C12. The molecule has 3 aliphatic heterocycles. The summed E-state index contributed by atoms with van der Waals surface area (Å²) in [6.45, 7) is 0.950. The van der Waals surface area contributed by atoms with Crippen LogP contribution in [0.4, 0.5) is 0 Å². The molecule has 3 fully saturated rings. The van der Waals surface area contributed by atoms with Crippen LogP contribution in [0.1, 0.15) is 5.56 Å². The summed E-state index contributed by atoms with van der Waals surface area (Å²) in [5.41, 5.74) is 1.35. The first-order valence-corrected chi connectivity index (χ1v) is 11.5. The summed E-state index contributed by atoms with van der Waals surface area (Å²) in [7, 11) is 7.50. The summed E-state index contributed by atoms with van der Waals surface area (Å²) in [6, 6.07) is 11.5. The van der Waals surface area contributed by atoms with Crippen LogP contribution in [0.5, 0.6) is 0 Å². The maximum absolute atomic E-state index is 5.61. The molecule has 104 valence electrons. The van der Waals surface area contributed by atoms with Crippen LogP contribution in [-0.2, 0) is 6.54 Å². The van der Waals surface area contributed by atoms with Gasteiger partial charge in [-0.2, -0.15) is 0 Å². The van der Waals surface area contributed by atoms with Gasteiger partial charge in [0.2, 0.25) is 0 Å². The van der Waals surface area contributed by atoms with Gasteiger partial charge in [0.05, 0.1) is 31.0 Å².